The zero-order valence-corrected chi connectivity index (χ0v) is 7.95. The maximum Gasteiger partial charge on any atom is 0.233 e. The van der Waals surface area contributed by atoms with Gasteiger partial charge in [0.25, 0.3) is 0 Å². The number of nitrogens with one attached hydrogen (secondary N) is 1. The second kappa shape index (κ2) is 5.16. The first-order chi connectivity index (χ1) is 6.27. The van der Waals surface area contributed by atoms with Gasteiger partial charge >= 0.3 is 0 Å². The van der Waals surface area contributed by atoms with E-state index in [4.69, 9.17) is 10.5 Å². The third kappa shape index (κ3) is 2.95. The highest BCUT2D eigenvalue weighted by Gasteiger charge is 2.22. The Morgan fingerprint density at radius 2 is 2.54 bits per heavy atom. The Balaban J connectivity index is 2.40. The fourth-order valence-corrected chi connectivity index (χ4v) is 1.38. The molecule has 1 aliphatic heterocycles. The minimum absolute atomic E-state index is 0.0281. The van der Waals surface area contributed by atoms with Gasteiger partial charge in [-0.1, -0.05) is 0 Å². The lowest BCUT2D eigenvalue weighted by Gasteiger charge is -2.33. The van der Waals surface area contributed by atoms with Crippen LogP contribution in [0, 0.1) is 0 Å². The van der Waals surface area contributed by atoms with Gasteiger partial charge in [0.1, 0.15) is 0 Å². The molecule has 13 heavy (non-hydrogen) atoms. The van der Waals surface area contributed by atoms with Crippen molar-refractivity contribution in [3.8, 4) is 0 Å². The fraction of sp³-hybridized carbons (Fsp3) is 0.875. The van der Waals surface area contributed by atoms with Gasteiger partial charge in [0.2, 0.25) is 5.91 Å². The van der Waals surface area contributed by atoms with Crippen LogP contribution in [0.1, 0.15) is 0 Å². The molecule has 0 radical (unpaired) electrons. The lowest BCUT2D eigenvalue weighted by molar-refractivity contribution is -0.124. The molecule has 0 saturated carbocycles. The van der Waals surface area contributed by atoms with Crippen molar-refractivity contribution in [2.75, 3.05) is 39.9 Å². The minimum Gasteiger partial charge on any atom is -0.378 e. The Morgan fingerprint density at radius 3 is 3.15 bits per heavy atom. The summed E-state index contributed by atoms with van der Waals surface area (Å²) in [6, 6.07) is 0.186. The highest BCUT2D eigenvalue weighted by atomic mass is 16.5. The van der Waals surface area contributed by atoms with Crippen LogP contribution in [0.2, 0.25) is 0 Å². The molecule has 5 heteroatoms. The molecule has 76 valence electrons. The quantitative estimate of drug-likeness (QED) is 0.558. The van der Waals surface area contributed by atoms with Crippen LogP contribution in [-0.2, 0) is 9.53 Å². The van der Waals surface area contributed by atoms with Gasteiger partial charge in [0, 0.05) is 26.2 Å². The van der Waals surface area contributed by atoms with Crippen LogP contribution in [0.25, 0.3) is 0 Å². The molecule has 1 fully saturated rings. The van der Waals surface area contributed by atoms with Crippen molar-refractivity contribution in [2.24, 2.45) is 5.73 Å². The zero-order chi connectivity index (χ0) is 9.68. The number of morpholine rings is 1. The van der Waals surface area contributed by atoms with Crippen LogP contribution < -0.4 is 11.1 Å². The largest absolute Gasteiger partial charge is 0.378 e. The molecule has 0 aromatic heterocycles. The number of hydrogen-bond donors (Lipinski definition) is 2. The molecule has 0 spiro atoms. The summed E-state index contributed by atoms with van der Waals surface area (Å²) in [7, 11) is 1.64. The summed E-state index contributed by atoms with van der Waals surface area (Å²) in [5.41, 5.74) is 5.56. The van der Waals surface area contributed by atoms with Crippen molar-refractivity contribution >= 4 is 5.91 Å². The standard InChI is InChI=1S/C8H17N3O2/c1-10-8(12)5-11-2-3-13-6-7(11)4-9/h7H,2-6,9H2,1H3,(H,10,12). The van der Waals surface area contributed by atoms with Crippen LogP contribution in [0.4, 0.5) is 0 Å². The predicted octanol–water partition coefficient (Wildman–Crippen LogP) is -1.61. The number of nitrogens with zero attached hydrogens (tertiary/aromatic N) is 1. The molecular weight excluding hydrogens is 170 g/mol. The SMILES string of the molecule is CNC(=O)CN1CCOCC1CN. The van der Waals surface area contributed by atoms with Crippen molar-refractivity contribution in [2.45, 2.75) is 6.04 Å². The lowest BCUT2D eigenvalue weighted by atomic mass is 10.2. The van der Waals surface area contributed by atoms with Gasteiger partial charge in [-0.05, 0) is 0 Å². The minimum atomic E-state index is 0.0281. The number of hydrogen-bond acceptors (Lipinski definition) is 4. The molecule has 1 aliphatic rings. The van der Waals surface area contributed by atoms with Gasteiger partial charge in [-0.2, -0.15) is 0 Å². The summed E-state index contributed by atoms with van der Waals surface area (Å²) < 4.78 is 5.27. The van der Waals surface area contributed by atoms with Gasteiger partial charge in [-0.15, -0.1) is 0 Å². The maximum absolute atomic E-state index is 11.1. The van der Waals surface area contributed by atoms with E-state index in [1.807, 2.05) is 0 Å². The summed E-state index contributed by atoms with van der Waals surface area (Å²) in [4.78, 5) is 13.2. The first-order valence-corrected chi connectivity index (χ1v) is 4.50. The van der Waals surface area contributed by atoms with Crippen LogP contribution in [-0.4, -0.2) is 56.7 Å². The van der Waals surface area contributed by atoms with Crippen molar-refractivity contribution < 1.29 is 9.53 Å². The Bertz CT molecular complexity index is 175. The maximum atomic E-state index is 11.1. The van der Waals surface area contributed by atoms with Gasteiger partial charge in [0.05, 0.1) is 19.8 Å². The van der Waals surface area contributed by atoms with E-state index in [0.717, 1.165) is 6.54 Å². The molecule has 1 atom stereocenters. The molecule has 1 amide bonds. The molecule has 0 aliphatic carbocycles. The van der Waals surface area contributed by atoms with Crippen molar-refractivity contribution in [3.63, 3.8) is 0 Å². The number of ether oxygens (including phenoxy) is 1. The van der Waals surface area contributed by atoms with E-state index in [2.05, 4.69) is 10.2 Å². The number of rotatable bonds is 3. The molecule has 0 aromatic carbocycles. The van der Waals surface area contributed by atoms with Crippen molar-refractivity contribution in [1.29, 1.82) is 0 Å². The summed E-state index contributed by atoms with van der Waals surface area (Å²) in [6.45, 7) is 3.06. The number of likely N-dealkylation sites (N-methyl/N-ethyl adjacent to an activating group) is 1. The van der Waals surface area contributed by atoms with E-state index in [0.29, 0.717) is 26.3 Å². The molecule has 1 unspecified atom stereocenters. The van der Waals surface area contributed by atoms with Crippen LogP contribution >= 0.6 is 0 Å². The Kier molecular flexibility index (Phi) is 4.14. The molecule has 0 bridgehead atoms. The van der Waals surface area contributed by atoms with E-state index in [9.17, 15) is 4.79 Å². The van der Waals surface area contributed by atoms with Crippen molar-refractivity contribution in [1.82, 2.24) is 10.2 Å². The molecule has 1 rings (SSSR count). The average molecular weight is 187 g/mol. The number of carbonyl (C=O) groups excluding carboxylic acids is 1. The van der Waals surface area contributed by atoms with E-state index in [1.54, 1.807) is 7.05 Å². The van der Waals surface area contributed by atoms with Gasteiger partial charge in [-0.3, -0.25) is 9.69 Å². The molecule has 1 heterocycles. The molecule has 5 nitrogen and oxygen atoms in total. The normalized spacial score (nSPS) is 24.3. The first-order valence-electron chi connectivity index (χ1n) is 4.50. The van der Waals surface area contributed by atoms with Crippen LogP contribution in [0.15, 0.2) is 0 Å². The lowest BCUT2D eigenvalue weighted by Crippen LogP contribution is -2.52. The van der Waals surface area contributed by atoms with E-state index < -0.39 is 0 Å². The first kappa shape index (κ1) is 10.4. The highest BCUT2D eigenvalue weighted by molar-refractivity contribution is 5.77. The van der Waals surface area contributed by atoms with Crippen LogP contribution in [0.5, 0.6) is 0 Å². The van der Waals surface area contributed by atoms with Crippen molar-refractivity contribution in [3.05, 3.63) is 0 Å². The Morgan fingerprint density at radius 1 is 1.77 bits per heavy atom. The summed E-state index contributed by atoms with van der Waals surface area (Å²) in [6.07, 6.45) is 0. The average Bonchev–Trinajstić information content (AvgIpc) is 2.18. The van der Waals surface area contributed by atoms with Gasteiger partial charge in [-0.25, -0.2) is 0 Å². The zero-order valence-electron chi connectivity index (χ0n) is 7.95. The van der Waals surface area contributed by atoms with Gasteiger partial charge < -0.3 is 15.8 Å². The van der Waals surface area contributed by atoms with E-state index >= 15 is 0 Å². The smallest absolute Gasteiger partial charge is 0.233 e. The van der Waals surface area contributed by atoms with Gasteiger partial charge in [0.15, 0.2) is 0 Å². The Labute approximate surface area is 78.2 Å². The third-order valence-corrected chi connectivity index (χ3v) is 2.25. The molecule has 3 N–H and O–H groups in total. The third-order valence-electron chi connectivity index (χ3n) is 2.25. The second-order valence-electron chi connectivity index (χ2n) is 3.11. The highest BCUT2D eigenvalue weighted by Crippen LogP contribution is 2.04. The van der Waals surface area contributed by atoms with E-state index in [-0.39, 0.29) is 11.9 Å². The number of nitrogens with two attached hydrogens (primary N) is 1. The fourth-order valence-electron chi connectivity index (χ4n) is 1.38. The number of amides is 1. The monoisotopic (exact) mass is 187 g/mol. The molecule has 0 aromatic rings. The topological polar surface area (TPSA) is 67.6 Å². The molecule has 1 saturated heterocycles. The Hall–Kier alpha value is -0.650. The summed E-state index contributed by atoms with van der Waals surface area (Å²) in [5, 5.41) is 2.59. The van der Waals surface area contributed by atoms with E-state index in [1.165, 1.54) is 0 Å². The number of carbonyl (C=O) groups is 1. The summed E-state index contributed by atoms with van der Waals surface area (Å²) >= 11 is 0. The second-order valence-corrected chi connectivity index (χ2v) is 3.11. The van der Waals surface area contributed by atoms with Crippen LogP contribution in [0.3, 0.4) is 0 Å². The summed E-state index contributed by atoms with van der Waals surface area (Å²) in [5.74, 6) is 0.0281. The predicted molar refractivity (Wildman–Crippen MR) is 49.3 cm³/mol. The molecular formula is C8H17N3O2.